The molecule has 0 atom stereocenters. The van der Waals surface area contributed by atoms with Gasteiger partial charge in [-0.1, -0.05) is 53.5 Å². The van der Waals surface area contributed by atoms with Crippen LogP contribution in [0.4, 0.5) is 0 Å². The number of halogens is 2. The molecule has 0 fully saturated rings. The van der Waals surface area contributed by atoms with Gasteiger partial charge in [0.15, 0.2) is 11.2 Å². The van der Waals surface area contributed by atoms with E-state index in [1.807, 2.05) is 48.5 Å². The predicted molar refractivity (Wildman–Crippen MR) is 102 cm³/mol. The van der Waals surface area contributed by atoms with Gasteiger partial charge in [-0.05, 0) is 30.3 Å². The molecule has 0 bridgehead atoms. The van der Waals surface area contributed by atoms with Gasteiger partial charge in [0.25, 0.3) is 0 Å². The van der Waals surface area contributed by atoms with Gasteiger partial charge in [0, 0.05) is 10.1 Å². The zero-order valence-corrected chi connectivity index (χ0v) is 14.6. The van der Waals surface area contributed by atoms with Crippen LogP contribution in [0.3, 0.4) is 0 Å². The van der Waals surface area contributed by atoms with E-state index in [2.05, 4.69) is 0 Å². The molecule has 4 rings (SSSR count). The first kappa shape index (κ1) is 15.5. The molecule has 0 aliphatic carbocycles. The largest absolute Gasteiger partial charge is 0.455 e. The van der Waals surface area contributed by atoms with Gasteiger partial charge in [0.2, 0.25) is 0 Å². The summed E-state index contributed by atoms with van der Waals surface area (Å²) in [6.07, 6.45) is 0. The Bertz CT molecular complexity index is 1120. The molecule has 24 heavy (non-hydrogen) atoms. The van der Waals surface area contributed by atoms with E-state index in [4.69, 9.17) is 27.9 Å². The van der Waals surface area contributed by atoms with E-state index in [0.717, 1.165) is 4.70 Å². The Balaban J connectivity index is 2.09. The monoisotopic (exact) mass is 372 g/mol. The molecule has 3 aromatic carbocycles. The molecule has 4 aromatic rings. The third-order valence-corrected chi connectivity index (χ3v) is 5.57. The van der Waals surface area contributed by atoms with Crippen LogP contribution in [0.15, 0.2) is 65.5 Å². The lowest BCUT2D eigenvalue weighted by atomic mass is 10.1. The lowest BCUT2D eigenvalue weighted by Crippen LogP contribution is -2.03. The summed E-state index contributed by atoms with van der Waals surface area (Å²) in [6, 6.07) is 18.3. The highest BCUT2D eigenvalue weighted by Crippen LogP contribution is 2.42. The van der Waals surface area contributed by atoms with E-state index in [0.29, 0.717) is 37.0 Å². The molecule has 5 heteroatoms. The molecule has 0 saturated heterocycles. The van der Waals surface area contributed by atoms with Crippen LogP contribution in [0.1, 0.15) is 0 Å². The first-order chi connectivity index (χ1) is 11.6. The highest BCUT2D eigenvalue weighted by molar-refractivity contribution is 7.25. The van der Waals surface area contributed by atoms with Crippen molar-refractivity contribution in [3.63, 3.8) is 0 Å². The zero-order chi connectivity index (χ0) is 16.7. The normalized spacial score (nSPS) is 11.1. The van der Waals surface area contributed by atoms with Gasteiger partial charge in [0.05, 0.1) is 20.1 Å². The molecule has 0 spiro atoms. The number of hydrogen-bond donors (Lipinski definition) is 0. The lowest BCUT2D eigenvalue weighted by molar-refractivity contribution is 0.488. The number of rotatable bonds is 2. The Morgan fingerprint density at radius 3 is 2.38 bits per heavy atom. The molecule has 0 aliphatic heterocycles. The molecule has 0 radical (unpaired) electrons. The zero-order valence-electron chi connectivity index (χ0n) is 12.3. The van der Waals surface area contributed by atoms with Gasteiger partial charge < -0.3 is 4.74 Å². The van der Waals surface area contributed by atoms with E-state index >= 15 is 0 Å². The molecule has 0 saturated carbocycles. The van der Waals surface area contributed by atoms with E-state index in [1.54, 1.807) is 12.1 Å². The SMILES string of the molecule is O=c1c2ccccc2sc2c(Cl)cc(Cl)c(Oc3ccccc3)c12. The number of fused-ring (bicyclic) bond motifs is 2. The number of benzene rings is 3. The Labute approximate surface area is 151 Å². The van der Waals surface area contributed by atoms with Crippen LogP contribution < -0.4 is 10.2 Å². The third kappa shape index (κ3) is 2.55. The van der Waals surface area contributed by atoms with E-state index in [9.17, 15) is 4.79 Å². The van der Waals surface area contributed by atoms with Crippen molar-refractivity contribution in [1.29, 1.82) is 0 Å². The quantitative estimate of drug-likeness (QED) is 0.374. The molecule has 0 unspecified atom stereocenters. The average Bonchev–Trinajstić information content (AvgIpc) is 2.60. The summed E-state index contributed by atoms with van der Waals surface area (Å²) in [6.45, 7) is 0. The Kier molecular flexibility index (Phi) is 3.93. The maximum Gasteiger partial charge on any atom is 0.199 e. The van der Waals surface area contributed by atoms with Gasteiger partial charge in [-0.25, -0.2) is 0 Å². The number of ether oxygens (including phenoxy) is 1. The minimum atomic E-state index is -0.130. The molecular weight excluding hydrogens is 363 g/mol. The first-order valence-corrected chi connectivity index (χ1v) is 8.79. The van der Waals surface area contributed by atoms with Crippen LogP contribution in [0.5, 0.6) is 11.5 Å². The average molecular weight is 373 g/mol. The summed E-state index contributed by atoms with van der Waals surface area (Å²) >= 11 is 14.1. The minimum Gasteiger partial charge on any atom is -0.455 e. The fraction of sp³-hybridized carbons (Fsp3) is 0. The second-order valence-corrected chi connectivity index (χ2v) is 7.08. The van der Waals surface area contributed by atoms with Crippen LogP contribution in [0, 0.1) is 0 Å². The van der Waals surface area contributed by atoms with Gasteiger partial charge in [-0.15, -0.1) is 11.3 Å². The van der Waals surface area contributed by atoms with Crippen LogP contribution in [-0.2, 0) is 0 Å². The Hall–Kier alpha value is -2.07. The maximum atomic E-state index is 13.0. The second kappa shape index (κ2) is 6.10. The summed E-state index contributed by atoms with van der Waals surface area (Å²) in [5, 5.41) is 1.81. The van der Waals surface area contributed by atoms with Gasteiger partial charge >= 0.3 is 0 Å². The van der Waals surface area contributed by atoms with Crippen molar-refractivity contribution in [3.05, 3.63) is 80.9 Å². The van der Waals surface area contributed by atoms with Crippen LogP contribution in [-0.4, -0.2) is 0 Å². The van der Waals surface area contributed by atoms with Gasteiger partial charge in [-0.2, -0.15) is 0 Å². The highest BCUT2D eigenvalue weighted by atomic mass is 35.5. The molecule has 1 aromatic heterocycles. The molecule has 118 valence electrons. The smallest absolute Gasteiger partial charge is 0.199 e. The summed E-state index contributed by atoms with van der Waals surface area (Å²) in [5.74, 6) is 0.954. The molecule has 0 amide bonds. The number of para-hydroxylation sites is 1. The topological polar surface area (TPSA) is 26.3 Å². The van der Waals surface area contributed by atoms with Crippen molar-refractivity contribution in [2.24, 2.45) is 0 Å². The molecule has 2 nitrogen and oxygen atoms in total. The van der Waals surface area contributed by atoms with E-state index in [-0.39, 0.29) is 5.43 Å². The number of hydrogen-bond acceptors (Lipinski definition) is 3. The second-order valence-electron chi connectivity index (χ2n) is 5.22. The summed E-state index contributed by atoms with van der Waals surface area (Å²) in [5.41, 5.74) is -0.130. The molecule has 0 N–H and O–H groups in total. The minimum absolute atomic E-state index is 0.130. The summed E-state index contributed by atoms with van der Waals surface area (Å²) < 4.78 is 7.48. The fourth-order valence-corrected chi connectivity index (χ4v) is 4.28. The summed E-state index contributed by atoms with van der Waals surface area (Å²) in [7, 11) is 0. The van der Waals surface area contributed by atoms with Crippen molar-refractivity contribution < 1.29 is 4.74 Å². The highest BCUT2D eigenvalue weighted by Gasteiger charge is 2.18. The van der Waals surface area contributed by atoms with Crippen LogP contribution >= 0.6 is 34.5 Å². The lowest BCUT2D eigenvalue weighted by Gasteiger charge is -2.12. The van der Waals surface area contributed by atoms with Crippen LogP contribution in [0.2, 0.25) is 10.0 Å². The maximum absolute atomic E-state index is 13.0. The Morgan fingerprint density at radius 2 is 1.58 bits per heavy atom. The Morgan fingerprint density at radius 1 is 0.875 bits per heavy atom. The van der Waals surface area contributed by atoms with Crippen molar-refractivity contribution in [2.75, 3.05) is 0 Å². The van der Waals surface area contributed by atoms with E-state index in [1.165, 1.54) is 11.3 Å². The molecule has 0 aliphatic rings. The van der Waals surface area contributed by atoms with Crippen molar-refractivity contribution in [1.82, 2.24) is 0 Å². The third-order valence-electron chi connectivity index (χ3n) is 3.68. The van der Waals surface area contributed by atoms with Gasteiger partial charge in [-0.3, -0.25) is 4.79 Å². The molecular formula is C19H10Cl2O2S. The van der Waals surface area contributed by atoms with Crippen molar-refractivity contribution >= 4 is 54.7 Å². The van der Waals surface area contributed by atoms with Crippen LogP contribution in [0.25, 0.3) is 20.2 Å². The van der Waals surface area contributed by atoms with Crippen molar-refractivity contribution in [2.45, 2.75) is 0 Å². The van der Waals surface area contributed by atoms with Gasteiger partial charge in [0.1, 0.15) is 5.75 Å². The van der Waals surface area contributed by atoms with E-state index < -0.39 is 0 Å². The summed E-state index contributed by atoms with van der Waals surface area (Å²) in [4.78, 5) is 13.0. The predicted octanol–water partition coefficient (Wildman–Crippen LogP) is 6.51. The molecule has 1 heterocycles. The fourth-order valence-electron chi connectivity index (χ4n) is 2.58. The first-order valence-electron chi connectivity index (χ1n) is 7.21. The standard InChI is InChI=1S/C19H10Cl2O2S/c20-13-10-14(21)19-16(18(13)23-11-6-2-1-3-7-11)17(22)12-8-4-5-9-15(12)24-19/h1-10H. The van der Waals surface area contributed by atoms with Crippen molar-refractivity contribution in [3.8, 4) is 11.5 Å².